The molecule has 4 aromatic rings. The Bertz CT molecular complexity index is 2120. The minimum absolute atomic E-state index is 0.0374. The molecule has 0 aliphatic carbocycles. The molecule has 0 radical (unpaired) electrons. The molecule has 16 nitrogen and oxygen atoms in total. The van der Waals surface area contributed by atoms with Crippen molar-refractivity contribution < 1.29 is 24.1 Å². The highest BCUT2D eigenvalue weighted by Crippen LogP contribution is 2.32. The first-order valence-electron chi connectivity index (χ1n) is 20.3. The van der Waals surface area contributed by atoms with E-state index in [2.05, 4.69) is 40.1 Å². The normalized spacial score (nSPS) is 17.9. The van der Waals surface area contributed by atoms with E-state index in [0.29, 0.717) is 35.9 Å². The number of likely N-dealkylation sites (N-methyl/N-ethyl adjacent to an activating group) is 1. The number of hydrogen-bond donors (Lipinski definition) is 2. The number of nitrogens with one attached hydrogen (secondary N) is 2. The van der Waals surface area contributed by atoms with Crippen LogP contribution in [0.15, 0.2) is 54.7 Å². The van der Waals surface area contributed by atoms with Gasteiger partial charge in [0.05, 0.1) is 10.4 Å². The van der Waals surface area contributed by atoms with E-state index in [9.17, 15) is 29.3 Å². The zero-order chi connectivity index (χ0) is 40.8. The van der Waals surface area contributed by atoms with Crippen LogP contribution in [0.5, 0.6) is 0 Å². The number of aromatic amines is 1. The maximum atomic E-state index is 13.4. The molecule has 2 aromatic heterocycles. The Kier molecular flexibility index (Phi) is 12.7. The maximum absolute atomic E-state index is 13.4. The van der Waals surface area contributed by atoms with Gasteiger partial charge >= 0.3 is 0 Å². The predicted molar refractivity (Wildman–Crippen MR) is 221 cm³/mol. The number of amides is 3. The van der Waals surface area contributed by atoms with Gasteiger partial charge in [-0.3, -0.25) is 39.4 Å². The smallest absolute Gasteiger partial charge is 0.270 e. The van der Waals surface area contributed by atoms with E-state index >= 15 is 0 Å². The van der Waals surface area contributed by atoms with Crippen molar-refractivity contribution in [2.45, 2.75) is 57.5 Å². The van der Waals surface area contributed by atoms with Gasteiger partial charge in [-0.15, -0.1) is 0 Å². The lowest BCUT2D eigenvalue weighted by Gasteiger charge is -2.43. The minimum atomic E-state index is -1.05. The van der Waals surface area contributed by atoms with Gasteiger partial charge in [0, 0.05) is 106 Å². The molecule has 1 unspecified atom stereocenters. The van der Waals surface area contributed by atoms with Gasteiger partial charge in [-0.2, -0.15) is 5.10 Å². The summed E-state index contributed by atoms with van der Waals surface area (Å²) in [6.45, 7) is 10.8. The Morgan fingerprint density at radius 3 is 2.40 bits per heavy atom. The third-order valence-corrected chi connectivity index (χ3v) is 12.2. The number of non-ortho nitro benzene ring substituents is 1. The van der Waals surface area contributed by atoms with E-state index in [-0.39, 0.29) is 23.5 Å². The minimum Gasteiger partial charge on any atom is -0.371 e. The third kappa shape index (κ3) is 8.87. The molecule has 2 aromatic carbocycles. The lowest BCUT2D eigenvalue weighted by molar-refractivity contribution is -0.384. The summed E-state index contributed by atoms with van der Waals surface area (Å²) in [5.74, 6) is 0.525. The first kappa shape index (κ1) is 40.5. The molecule has 3 aliphatic rings. The van der Waals surface area contributed by atoms with E-state index in [0.717, 1.165) is 110 Å². The number of anilines is 2. The topological polar surface area (TPSA) is 181 Å². The Morgan fingerprint density at radius 2 is 1.72 bits per heavy atom. The SMILES string of the molecule is CNC(=O)C(CCC=O)N(C=O)C(=O)c1ccc(N2CCC(N3CCC(CN4CCN(c5cc(-c6n[nH]c7ccc([N+](=O)[O-])cc67)ccn5)CC4)CC3)CC2)cc1C. The molecule has 306 valence electrons. The summed E-state index contributed by atoms with van der Waals surface area (Å²) in [6, 6.07) is 13.8. The monoisotopic (exact) mass is 792 g/mol. The van der Waals surface area contributed by atoms with Gasteiger partial charge in [-0.1, -0.05) is 0 Å². The number of H-pyrrole nitrogens is 1. The maximum Gasteiger partial charge on any atom is 0.270 e. The summed E-state index contributed by atoms with van der Waals surface area (Å²) in [5, 5.41) is 22.0. The van der Waals surface area contributed by atoms with Gasteiger partial charge in [0.2, 0.25) is 12.3 Å². The van der Waals surface area contributed by atoms with Crippen molar-refractivity contribution in [3.05, 3.63) is 76.0 Å². The molecule has 0 bridgehead atoms. The van der Waals surface area contributed by atoms with E-state index < -0.39 is 17.9 Å². The summed E-state index contributed by atoms with van der Waals surface area (Å²) in [6.07, 6.45) is 7.50. The highest BCUT2D eigenvalue weighted by molar-refractivity contribution is 6.04. The molecule has 5 heterocycles. The van der Waals surface area contributed by atoms with Crippen LogP contribution in [-0.4, -0.2) is 137 Å². The second kappa shape index (κ2) is 18.2. The van der Waals surface area contributed by atoms with Crippen LogP contribution in [0, 0.1) is 23.0 Å². The number of carbonyl (C=O) groups is 4. The van der Waals surface area contributed by atoms with E-state index in [4.69, 9.17) is 0 Å². The number of aryl methyl sites for hydroxylation is 1. The molecular weight excluding hydrogens is 741 g/mol. The van der Waals surface area contributed by atoms with Gasteiger partial charge in [-0.25, -0.2) is 4.98 Å². The van der Waals surface area contributed by atoms with E-state index in [1.165, 1.54) is 26.0 Å². The summed E-state index contributed by atoms with van der Waals surface area (Å²) in [5.41, 5.74) is 4.47. The van der Waals surface area contributed by atoms with Crippen LogP contribution in [0.25, 0.3) is 22.2 Å². The fourth-order valence-electron chi connectivity index (χ4n) is 8.86. The fraction of sp³-hybridized carbons (Fsp3) is 0.476. The van der Waals surface area contributed by atoms with Crippen LogP contribution in [0.3, 0.4) is 0 Å². The lowest BCUT2D eigenvalue weighted by atomic mass is 9.92. The number of nitro benzene ring substituents is 1. The van der Waals surface area contributed by atoms with Gasteiger partial charge in [0.25, 0.3) is 11.6 Å². The van der Waals surface area contributed by atoms with Crippen molar-refractivity contribution >= 4 is 52.6 Å². The highest BCUT2D eigenvalue weighted by atomic mass is 16.6. The number of likely N-dealkylation sites (tertiary alicyclic amines) is 1. The predicted octanol–water partition coefficient (Wildman–Crippen LogP) is 4.04. The number of fused-ring (bicyclic) bond motifs is 1. The Morgan fingerprint density at radius 1 is 0.966 bits per heavy atom. The molecule has 7 rings (SSSR count). The second-order valence-electron chi connectivity index (χ2n) is 15.6. The van der Waals surface area contributed by atoms with Crippen LogP contribution in [-0.2, 0) is 14.4 Å². The fourth-order valence-corrected chi connectivity index (χ4v) is 8.86. The molecule has 0 spiro atoms. The van der Waals surface area contributed by atoms with Crippen molar-refractivity contribution in [2.24, 2.45) is 5.92 Å². The number of benzene rings is 2. The molecule has 3 amide bonds. The molecule has 58 heavy (non-hydrogen) atoms. The number of nitrogens with zero attached hydrogens (tertiary/aromatic N) is 8. The number of nitro groups is 1. The van der Waals surface area contributed by atoms with E-state index in [1.54, 1.807) is 24.4 Å². The highest BCUT2D eigenvalue weighted by Gasteiger charge is 2.32. The van der Waals surface area contributed by atoms with Crippen molar-refractivity contribution in [3.63, 3.8) is 0 Å². The summed E-state index contributed by atoms with van der Waals surface area (Å²) >= 11 is 0. The molecule has 0 saturated carbocycles. The average molecular weight is 793 g/mol. The van der Waals surface area contributed by atoms with Gasteiger partial charge < -0.3 is 24.8 Å². The number of aromatic nitrogens is 3. The van der Waals surface area contributed by atoms with Crippen LogP contribution in [0.2, 0.25) is 0 Å². The Hall–Kier alpha value is -5.74. The number of pyridine rings is 1. The molecule has 2 N–H and O–H groups in total. The first-order valence-corrected chi connectivity index (χ1v) is 20.3. The number of piperazine rings is 1. The standard InChI is InChI=1S/C42H52N10O6/c1-29-24-33(5-7-35(29)42(56)51(28-54)38(4-3-23-53)41(55)43-2)49-17-12-32(13-18-49)48-15-10-30(11-16-48)27-47-19-21-50(22-20-47)39-25-31(9-14-44-39)40-36-26-34(52(57)58)6-8-37(36)45-46-40/h5-9,14,23-26,28,30,32,38H,3-4,10-13,15-22,27H2,1-2H3,(H,43,55)(H,45,46). The van der Waals surface area contributed by atoms with Crippen molar-refractivity contribution in [1.82, 2.24) is 35.2 Å². The van der Waals surface area contributed by atoms with Crippen molar-refractivity contribution in [3.8, 4) is 11.3 Å². The Balaban J connectivity index is 0.858. The number of hydrogen-bond acceptors (Lipinski definition) is 12. The lowest BCUT2D eigenvalue weighted by Crippen LogP contribution is -2.51. The van der Waals surface area contributed by atoms with Gasteiger partial charge in [0.1, 0.15) is 23.8 Å². The molecule has 3 aliphatic heterocycles. The third-order valence-electron chi connectivity index (χ3n) is 12.2. The molecule has 16 heteroatoms. The zero-order valence-corrected chi connectivity index (χ0v) is 33.2. The molecule has 3 saturated heterocycles. The van der Waals surface area contributed by atoms with Crippen LogP contribution in [0.4, 0.5) is 17.2 Å². The Labute approximate surface area is 337 Å². The van der Waals surface area contributed by atoms with Crippen molar-refractivity contribution in [2.75, 3.05) is 75.8 Å². The quantitative estimate of drug-likeness (QED) is 0.107. The van der Waals surface area contributed by atoms with E-state index in [1.807, 2.05) is 31.2 Å². The number of rotatable bonds is 14. The first-order chi connectivity index (χ1) is 28.2. The summed E-state index contributed by atoms with van der Waals surface area (Å²) < 4.78 is 0. The number of aldehydes is 1. The largest absolute Gasteiger partial charge is 0.371 e. The molecule has 3 fully saturated rings. The van der Waals surface area contributed by atoms with Crippen LogP contribution < -0.4 is 15.1 Å². The molecular formula is C42H52N10O6. The second-order valence-corrected chi connectivity index (χ2v) is 15.6. The van der Waals surface area contributed by atoms with Crippen LogP contribution in [0.1, 0.15) is 54.4 Å². The molecule has 1 atom stereocenters. The number of carbonyl (C=O) groups excluding carboxylic acids is 4. The average Bonchev–Trinajstić information content (AvgIpc) is 3.69. The van der Waals surface area contributed by atoms with Crippen molar-refractivity contribution in [1.29, 1.82) is 0 Å². The van der Waals surface area contributed by atoms with Gasteiger partial charge in [-0.05, 0) is 100.0 Å². The van der Waals surface area contributed by atoms with Crippen LogP contribution >= 0.6 is 0 Å². The van der Waals surface area contributed by atoms with Gasteiger partial charge in [0.15, 0.2) is 0 Å². The number of piperidine rings is 2. The summed E-state index contributed by atoms with van der Waals surface area (Å²) in [7, 11) is 1.44. The summed E-state index contributed by atoms with van der Waals surface area (Å²) in [4.78, 5) is 75.3. The number of imide groups is 1. The zero-order valence-electron chi connectivity index (χ0n) is 33.2.